The van der Waals surface area contributed by atoms with Crippen molar-refractivity contribution < 1.29 is 4.79 Å². The van der Waals surface area contributed by atoms with Gasteiger partial charge in [-0.3, -0.25) is 9.67 Å². The zero-order valence-corrected chi connectivity index (χ0v) is 14.4. The molecule has 0 aliphatic rings. The van der Waals surface area contributed by atoms with E-state index in [1.807, 2.05) is 36.9 Å². The van der Waals surface area contributed by atoms with Gasteiger partial charge in [-0.2, -0.15) is 5.10 Å². The maximum Gasteiger partial charge on any atom is 0.315 e. The second kappa shape index (κ2) is 6.81. The van der Waals surface area contributed by atoms with Crippen LogP contribution in [0, 0.1) is 6.92 Å². The third-order valence-electron chi connectivity index (χ3n) is 3.64. The third kappa shape index (κ3) is 4.55. The van der Waals surface area contributed by atoms with Gasteiger partial charge in [0.2, 0.25) is 0 Å². The second-order valence-electron chi connectivity index (χ2n) is 6.69. The van der Waals surface area contributed by atoms with Crippen LogP contribution in [0.4, 0.5) is 4.79 Å². The summed E-state index contributed by atoms with van der Waals surface area (Å²) in [6.07, 6.45) is 5.42. The molecule has 2 heterocycles. The lowest BCUT2D eigenvalue weighted by Crippen LogP contribution is -2.36. The van der Waals surface area contributed by atoms with Crippen LogP contribution in [-0.4, -0.2) is 20.8 Å². The molecule has 2 rings (SSSR count). The summed E-state index contributed by atoms with van der Waals surface area (Å²) in [5.74, 6) is 0. The van der Waals surface area contributed by atoms with Crippen LogP contribution in [-0.2, 0) is 12.1 Å². The summed E-state index contributed by atoms with van der Waals surface area (Å²) in [7, 11) is 0. The number of amides is 2. The Morgan fingerprint density at radius 2 is 1.96 bits per heavy atom. The molecule has 0 aliphatic heterocycles. The van der Waals surface area contributed by atoms with Crippen molar-refractivity contribution >= 4 is 6.03 Å². The molecule has 0 fully saturated rings. The van der Waals surface area contributed by atoms with Crippen molar-refractivity contribution in [2.24, 2.45) is 0 Å². The molecule has 0 unspecified atom stereocenters. The molecule has 6 nitrogen and oxygen atoms in total. The molecule has 2 N–H and O–H groups in total. The van der Waals surface area contributed by atoms with E-state index < -0.39 is 0 Å². The SMILES string of the molecule is Cc1nn(C(C)(C)C)cc1[C@@H](C)NC(=O)NCc1ccncc1. The fourth-order valence-electron chi connectivity index (χ4n) is 2.25. The monoisotopic (exact) mass is 315 g/mol. The minimum absolute atomic E-state index is 0.0770. The van der Waals surface area contributed by atoms with Crippen molar-refractivity contribution in [1.82, 2.24) is 25.4 Å². The molecule has 0 aromatic carbocycles. The third-order valence-corrected chi connectivity index (χ3v) is 3.64. The van der Waals surface area contributed by atoms with Gasteiger partial charge in [-0.25, -0.2) is 4.79 Å². The highest BCUT2D eigenvalue weighted by Crippen LogP contribution is 2.20. The first kappa shape index (κ1) is 17.0. The van der Waals surface area contributed by atoms with Crippen molar-refractivity contribution in [1.29, 1.82) is 0 Å². The zero-order valence-electron chi connectivity index (χ0n) is 14.4. The minimum atomic E-state index is -0.197. The number of hydrogen-bond donors (Lipinski definition) is 2. The Bertz CT molecular complexity index is 657. The molecule has 0 saturated carbocycles. The van der Waals surface area contributed by atoms with Crippen LogP contribution in [0.2, 0.25) is 0 Å². The number of aryl methyl sites for hydroxylation is 1. The Morgan fingerprint density at radius 1 is 1.30 bits per heavy atom. The Morgan fingerprint density at radius 3 is 2.52 bits per heavy atom. The van der Waals surface area contributed by atoms with Gasteiger partial charge in [0.05, 0.1) is 17.3 Å². The molecule has 1 atom stereocenters. The first-order chi connectivity index (χ1) is 10.8. The first-order valence-electron chi connectivity index (χ1n) is 7.77. The van der Waals surface area contributed by atoms with Crippen LogP contribution in [0.5, 0.6) is 0 Å². The number of urea groups is 1. The Balaban J connectivity index is 1.95. The highest BCUT2D eigenvalue weighted by molar-refractivity contribution is 5.74. The molecule has 0 aliphatic carbocycles. The second-order valence-corrected chi connectivity index (χ2v) is 6.69. The van der Waals surface area contributed by atoms with Crippen molar-refractivity contribution in [2.45, 2.75) is 52.7 Å². The number of nitrogens with zero attached hydrogens (tertiary/aromatic N) is 3. The number of aromatic nitrogens is 3. The summed E-state index contributed by atoms with van der Waals surface area (Å²) in [6, 6.07) is 3.45. The van der Waals surface area contributed by atoms with Gasteiger partial charge < -0.3 is 10.6 Å². The average molecular weight is 315 g/mol. The molecule has 23 heavy (non-hydrogen) atoms. The van der Waals surface area contributed by atoms with E-state index in [0.29, 0.717) is 6.54 Å². The van der Waals surface area contributed by atoms with Gasteiger partial charge in [0, 0.05) is 30.7 Å². The quantitative estimate of drug-likeness (QED) is 0.911. The Labute approximate surface area is 137 Å². The zero-order chi connectivity index (χ0) is 17.0. The summed E-state index contributed by atoms with van der Waals surface area (Å²) in [5.41, 5.74) is 2.90. The van der Waals surface area contributed by atoms with E-state index >= 15 is 0 Å². The standard InChI is InChI=1S/C17H25N5O/c1-12(15-11-22(17(3,4)5)21-13(15)2)20-16(23)19-10-14-6-8-18-9-7-14/h6-9,11-12H,10H2,1-5H3,(H2,19,20,23)/t12-/m1/s1. The fourth-order valence-corrected chi connectivity index (χ4v) is 2.25. The van der Waals surface area contributed by atoms with Gasteiger partial charge in [-0.15, -0.1) is 0 Å². The van der Waals surface area contributed by atoms with E-state index in [4.69, 9.17) is 0 Å². The van der Waals surface area contributed by atoms with Crippen LogP contribution in [0.1, 0.15) is 50.6 Å². The van der Waals surface area contributed by atoms with Gasteiger partial charge in [-0.05, 0) is 52.3 Å². The molecular weight excluding hydrogens is 290 g/mol. The largest absolute Gasteiger partial charge is 0.334 e. The maximum atomic E-state index is 12.1. The molecule has 0 radical (unpaired) electrons. The normalized spacial score (nSPS) is 12.7. The summed E-state index contributed by atoms with van der Waals surface area (Å²) in [4.78, 5) is 16.0. The summed E-state index contributed by atoms with van der Waals surface area (Å²) < 4.78 is 1.94. The summed E-state index contributed by atoms with van der Waals surface area (Å²) in [6.45, 7) is 10.7. The lowest BCUT2D eigenvalue weighted by atomic mass is 10.1. The average Bonchev–Trinajstić information content (AvgIpc) is 2.88. The van der Waals surface area contributed by atoms with Gasteiger partial charge in [-0.1, -0.05) is 0 Å². The molecule has 124 valence electrons. The predicted octanol–water partition coefficient (Wildman–Crippen LogP) is 2.90. The number of nitrogens with one attached hydrogen (secondary N) is 2. The van der Waals surface area contributed by atoms with E-state index in [2.05, 4.69) is 41.5 Å². The van der Waals surface area contributed by atoms with Crippen molar-refractivity contribution in [2.75, 3.05) is 0 Å². The fraction of sp³-hybridized carbons (Fsp3) is 0.471. The van der Waals surface area contributed by atoms with Crippen molar-refractivity contribution in [3.8, 4) is 0 Å². The van der Waals surface area contributed by atoms with Gasteiger partial charge in [0.15, 0.2) is 0 Å². The number of rotatable bonds is 4. The number of hydrogen-bond acceptors (Lipinski definition) is 3. The summed E-state index contributed by atoms with van der Waals surface area (Å²) in [5, 5.41) is 10.3. The van der Waals surface area contributed by atoms with Crippen LogP contribution >= 0.6 is 0 Å². The topological polar surface area (TPSA) is 71.8 Å². The van der Waals surface area contributed by atoms with Gasteiger partial charge in [0.1, 0.15) is 0 Å². The van der Waals surface area contributed by atoms with E-state index in [9.17, 15) is 4.79 Å². The van der Waals surface area contributed by atoms with E-state index in [1.54, 1.807) is 12.4 Å². The number of pyridine rings is 1. The Hall–Kier alpha value is -2.37. The molecular formula is C17H25N5O. The van der Waals surface area contributed by atoms with Crippen LogP contribution in [0.25, 0.3) is 0 Å². The molecule has 6 heteroatoms. The molecule has 0 spiro atoms. The van der Waals surface area contributed by atoms with Crippen LogP contribution in [0.3, 0.4) is 0 Å². The molecule has 0 bridgehead atoms. The Kier molecular flexibility index (Phi) is 5.03. The first-order valence-corrected chi connectivity index (χ1v) is 7.77. The molecule has 2 aromatic heterocycles. The molecule has 2 aromatic rings. The highest BCUT2D eigenvalue weighted by atomic mass is 16.2. The predicted molar refractivity (Wildman–Crippen MR) is 90.0 cm³/mol. The van der Waals surface area contributed by atoms with Crippen molar-refractivity contribution in [3.05, 3.63) is 47.5 Å². The number of carbonyl (C=O) groups is 1. The van der Waals surface area contributed by atoms with Gasteiger partial charge in [0.25, 0.3) is 0 Å². The van der Waals surface area contributed by atoms with Crippen LogP contribution < -0.4 is 10.6 Å². The van der Waals surface area contributed by atoms with E-state index in [0.717, 1.165) is 16.8 Å². The number of carbonyl (C=O) groups excluding carboxylic acids is 1. The van der Waals surface area contributed by atoms with E-state index in [1.165, 1.54) is 0 Å². The van der Waals surface area contributed by atoms with Gasteiger partial charge >= 0.3 is 6.03 Å². The minimum Gasteiger partial charge on any atom is -0.334 e. The van der Waals surface area contributed by atoms with Crippen molar-refractivity contribution in [3.63, 3.8) is 0 Å². The van der Waals surface area contributed by atoms with Crippen LogP contribution in [0.15, 0.2) is 30.7 Å². The van der Waals surface area contributed by atoms with E-state index in [-0.39, 0.29) is 17.6 Å². The maximum absolute atomic E-state index is 12.1. The lowest BCUT2D eigenvalue weighted by molar-refractivity contribution is 0.237. The molecule has 0 saturated heterocycles. The molecule has 2 amide bonds. The smallest absolute Gasteiger partial charge is 0.315 e. The summed E-state index contributed by atoms with van der Waals surface area (Å²) >= 11 is 0. The highest BCUT2D eigenvalue weighted by Gasteiger charge is 2.20. The lowest BCUT2D eigenvalue weighted by Gasteiger charge is -2.19.